The molecule has 11 heavy (non-hydrogen) atoms. The standard InChI is InChI=1S/C9H13NO/c1-10-7-6-8-2-4-9(11)5-3-8/h2-5,11H,1,6-7,10H2. The van der Waals surface area contributed by atoms with Gasteiger partial charge in [-0.3, -0.25) is 0 Å². The van der Waals surface area contributed by atoms with Gasteiger partial charge >= 0.3 is 0 Å². The van der Waals surface area contributed by atoms with E-state index in [1.54, 1.807) is 12.1 Å². The van der Waals surface area contributed by atoms with Gasteiger partial charge in [-0.05, 0) is 17.7 Å². The van der Waals surface area contributed by atoms with E-state index in [2.05, 4.69) is 7.05 Å². The monoisotopic (exact) mass is 151 g/mol. The Morgan fingerprint density at radius 1 is 1.27 bits per heavy atom. The van der Waals surface area contributed by atoms with E-state index in [9.17, 15) is 0 Å². The lowest BCUT2D eigenvalue weighted by Crippen LogP contribution is -2.77. The van der Waals surface area contributed by atoms with Gasteiger partial charge in [-0.25, -0.2) is 0 Å². The second-order valence-corrected chi connectivity index (χ2v) is 2.49. The Labute approximate surface area is 66.9 Å². The number of benzene rings is 1. The molecule has 0 aromatic heterocycles. The molecule has 0 heterocycles. The van der Waals surface area contributed by atoms with Crippen LogP contribution in [0.1, 0.15) is 5.56 Å². The van der Waals surface area contributed by atoms with Gasteiger partial charge in [0.25, 0.3) is 0 Å². The van der Waals surface area contributed by atoms with Gasteiger partial charge in [-0.2, -0.15) is 7.05 Å². The number of rotatable bonds is 3. The maximum atomic E-state index is 8.96. The Hall–Kier alpha value is -1.02. The maximum absolute atomic E-state index is 8.96. The van der Waals surface area contributed by atoms with Crippen molar-refractivity contribution < 1.29 is 10.4 Å². The number of quaternary nitrogens is 1. The van der Waals surface area contributed by atoms with Gasteiger partial charge in [0.1, 0.15) is 5.75 Å². The molecule has 0 fully saturated rings. The van der Waals surface area contributed by atoms with Crippen LogP contribution in [0, 0.1) is 7.05 Å². The Morgan fingerprint density at radius 2 is 1.91 bits per heavy atom. The molecule has 1 rings (SSSR count). The first-order valence-electron chi connectivity index (χ1n) is 3.72. The molecule has 60 valence electrons. The zero-order valence-corrected chi connectivity index (χ0v) is 6.46. The molecule has 0 radical (unpaired) electrons. The maximum Gasteiger partial charge on any atom is 0.115 e. The summed E-state index contributed by atoms with van der Waals surface area (Å²) in [6, 6.07) is 7.27. The molecule has 0 atom stereocenters. The van der Waals surface area contributed by atoms with Gasteiger partial charge in [0.15, 0.2) is 0 Å². The van der Waals surface area contributed by atoms with E-state index >= 15 is 0 Å². The fraction of sp³-hybridized carbons (Fsp3) is 0.222. The summed E-state index contributed by atoms with van der Waals surface area (Å²) >= 11 is 0. The SMILES string of the molecule is [CH2-][NH2+]CCc1ccc(O)cc1. The molecule has 0 unspecified atom stereocenters. The minimum absolute atomic E-state index is 0.326. The van der Waals surface area contributed by atoms with E-state index in [-0.39, 0.29) is 0 Å². The zero-order valence-electron chi connectivity index (χ0n) is 6.46. The van der Waals surface area contributed by atoms with Crippen molar-refractivity contribution in [2.24, 2.45) is 0 Å². The lowest BCUT2D eigenvalue weighted by molar-refractivity contribution is -0.594. The summed E-state index contributed by atoms with van der Waals surface area (Å²) in [5.74, 6) is 0.326. The Bertz CT molecular complexity index is 205. The number of nitrogens with two attached hydrogens (primary N) is 1. The van der Waals surface area contributed by atoms with Crippen molar-refractivity contribution >= 4 is 0 Å². The summed E-state index contributed by atoms with van der Waals surface area (Å²) in [7, 11) is 3.64. The highest BCUT2D eigenvalue weighted by atomic mass is 16.3. The second kappa shape index (κ2) is 3.98. The molecule has 0 bridgehead atoms. The first-order chi connectivity index (χ1) is 5.33. The van der Waals surface area contributed by atoms with Crippen LogP contribution < -0.4 is 5.32 Å². The topological polar surface area (TPSA) is 36.8 Å². The highest BCUT2D eigenvalue weighted by Gasteiger charge is 1.91. The van der Waals surface area contributed by atoms with E-state index in [0.29, 0.717) is 5.75 Å². The summed E-state index contributed by atoms with van der Waals surface area (Å²) in [6.45, 7) is 0.991. The van der Waals surface area contributed by atoms with Crippen LogP contribution in [-0.2, 0) is 6.42 Å². The van der Waals surface area contributed by atoms with Crippen LogP contribution in [0.15, 0.2) is 24.3 Å². The molecule has 2 heteroatoms. The summed E-state index contributed by atoms with van der Waals surface area (Å²) in [5.41, 5.74) is 1.24. The Morgan fingerprint density at radius 3 is 2.45 bits per heavy atom. The molecule has 0 amide bonds. The average molecular weight is 151 g/mol. The largest absolute Gasteiger partial charge is 0.508 e. The number of hydrogen-bond acceptors (Lipinski definition) is 1. The van der Waals surface area contributed by atoms with Gasteiger partial charge < -0.3 is 10.4 Å². The summed E-state index contributed by atoms with van der Waals surface area (Å²) in [6.07, 6.45) is 1.00. The first kappa shape index (κ1) is 8.08. The Balaban J connectivity index is 2.52. The van der Waals surface area contributed by atoms with Gasteiger partial charge in [-0.1, -0.05) is 12.1 Å². The van der Waals surface area contributed by atoms with Crippen molar-refractivity contribution in [3.8, 4) is 5.75 Å². The minimum Gasteiger partial charge on any atom is -0.508 e. The van der Waals surface area contributed by atoms with Crippen LogP contribution in [0.4, 0.5) is 0 Å². The molecule has 0 aliphatic carbocycles. The molecule has 0 saturated heterocycles. The van der Waals surface area contributed by atoms with E-state index in [4.69, 9.17) is 5.11 Å². The fourth-order valence-corrected chi connectivity index (χ4v) is 0.931. The molecule has 0 aliphatic rings. The molecular weight excluding hydrogens is 138 g/mol. The van der Waals surface area contributed by atoms with Crippen molar-refractivity contribution in [1.82, 2.24) is 0 Å². The molecule has 0 saturated carbocycles. The van der Waals surface area contributed by atoms with Crippen LogP contribution in [0.25, 0.3) is 0 Å². The predicted molar refractivity (Wildman–Crippen MR) is 44.0 cm³/mol. The normalized spacial score (nSPS) is 9.91. The van der Waals surface area contributed by atoms with Gasteiger partial charge in [0.05, 0.1) is 6.54 Å². The molecule has 0 aliphatic heterocycles. The summed E-state index contributed by atoms with van der Waals surface area (Å²) in [5, 5.41) is 10.9. The number of phenolic OH excluding ortho intramolecular Hbond substituents is 1. The smallest absolute Gasteiger partial charge is 0.115 e. The third-order valence-electron chi connectivity index (χ3n) is 1.57. The number of phenols is 1. The van der Waals surface area contributed by atoms with Crippen molar-refractivity contribution in [3.05, 3.63) is 36.9 Å². The van der Waals surface area contributed by atoms with Crippen molar-refractivity contribution in [2.75, 3.05) is 6.54 Å². The molecule has 1 aromatic carbocycles. The van der Waals surface area contributed by atoms with Crippen molar-refractivity contribution in [3.63, 3.8) is 0 Å². The zero-order chi connectivity index (χ0) is 8.10. The average Bonchev–Trinajstić information content (AvgIpc) is 2.04. The quantitative estimate of drug-likeness (QED) is 0.598. The van der Waals surface area contributed by atoms with Crippen LogP contribution in [0.5, 0.6) is 5.75 Å². The van der Waals surface area contributed by atoms with Gasteiger partial charge in [0.2, 0.25) is 0 Å². The fourth-order valence-electron chi connectivity index (χ4n) is 0.931. The summed E-state index contributed by atoms with van der Waals surface area (Å²) < 4.78 is 0. The molecule has 2 nitrogen and oxygen atoms in total. The van der Waals surface area contributed by atoms with E-state index in [0.717, 1.165) is 13.0 Å². The summed E-state index contributed by atoms with van der Waals surface area (Å²) in [4.78, 5) is 0. The second-order valence-electron chi connectivity index (χ2n) is 2.49. The Kier molecular flexibility index (Phi) is 2.93. The molecule has 0 spiro atoms. The predicted octanol–water partition coefficient (Wildman–Crippen LogP) is 0.290. The first-order valence-corrected chi connectivity index (χ1v) is 3.72. The number of aromatic hydroxyl groups is 1. The van der Waals surface area contributed by atoms with Crippen LogP contribution in [-0.4, -0.2) is 11.7 Å². The van der Waals surface area contributed by atoms with Gasteiger partial charge in [-0.15, -0.1) is 0 Å². The van der Waals surface area contributed by atoms with Crippen LogP contribution in [0.2, 0.25) is 0 Å². The van der Waals surface area contributed by atoms with Crippen LogP contribution >= 0.6 is 0 Å². The lowest BCUT2D eigenvalue weighted by Gasteiger charge is -2.00. The number of hydrogen-bond donors (Lipinski definition) is 2. The highest BCUT2D eigenvalue weighted by molar-refractivity contribution is 5.25. The molecular formula is C9H13NO. The molecule has 1 aromatic rings. The van der Waals surface area contributed by atoms with E-state index in [1.807, 2.05) is 17.4 Å². The van der Waals surface area contributed by atoms with Crippen molar-refractivity contribution in [2.45, 2.75) is 6.42 Å². The van der Waals surface area contributed by atoms with Gasteiger partial charge in [0, 0.05) is 6.42 Å². The minimum atomic E-state index is 0.326. The van der Waals surface area contributed by atoms with E-state index in [1.165, 1.54) is 5.56 Å². The van der Waals surface area contributed by atoms with Crippen LogP contribution in [0.3, 0.4) is 0 Å². The highest BCUT2D eigenvalue weighted by Crippen LogP contribution is 2.08. The third kappa shape index (κ3) is 2.60. The molecule has 3 N–H and O–H groups in total. The van der Waals surface area contributed by atoms with E-state index < -0.39 is 0 Å². The van der Waals surface area contributed by atoms with Crippen molar-refractivity contribution in [1.29, 1.82) is 0 Å². The lowest BCUT2D eigenvalue weighted by atomic mass is 10.1. The third-order valence-corrected chi connectivity index (χ3v) is 1.57.